The highest BCUT2D eigenvalue weighted by molar-refractivity contribution is 5.89. The van der Waals surface area contributed by atoms with Crippen molar-refractivity contribution in [2.24, 2.45) is 5.92 Å². The third-order valence-electron chi connectivity index (χ3n) is 4.28. The summed E-state index contributed by atoms with van der Waals surface area (Å²) in [6.07, 6.45) is 0.713. The maximum absolute atomic E-state index is 12.8. The van der Waals surface area contributed by atoms with Gasteiger partial charge in [0.05, 0.1) is 41.3 Å². The van der Waals surface area contributed by atoms with Crippen LogP contribution in [0.15, 0.2) is 36.7 Å². The number of benzene rings is 1. The molecule has 2 aromatic rings. The molecule has 1 saturated carbocycles. The van der Waals surface area contributed by atoms with E-state index >= 15 is 0 Å². The monoisotopic (exact) mass is 363 g/mol. The van der Waals surface area contributed by atoms with E-state index in [1.54, 1.807) is 0 Å². The van der Waals surface area contributed by atoms with Crippen LogP contribution in [-0.2, 0) is 6.18 Å². The van der Waals surface area contributed by atoms with Gasteiger partial charge in [0.1, 0.15) is 0 Å². The quantitative estimate of drug-likeness (QED) is 0.872. The molecule has 26 heavy (non-hydrogen) atoms. The average Bonchev–Trinajstić information content (AvgIpc) is 3.23. The average molecular weight is 363 g/mol. The van der Waals surface area contributed by atoms with E-state index in [-0.39, 0.29) is 17.6 Å². The summed E-state index contributed by atoms with van der Waals surface area (Å²) in [5.41, 5.74) is -0.207. The van der Waals surface area contributed by atoms with E-state index in [0.29, 0.717) is 5.69 Å². The topological polar surface area (TPSA) is 82.7 Å². The molecule has 1 aromatic heterocycles. The van der Waals surface area contributed by atoms with E-state index in [1.807, 2.05) is 0 Å². The van der Waals surface area contributed by atoms with Gasteiger partial charge in [0.25, 0.3) is 0 Å². The summed E-state index contributed by atoms with van der Waals surface area (Å²) in [5.74, 6) is -0.200. The summed E-state index contributed by atoms with van der Waals surface area (Å²) in [7, 11) is 0. The zero-order valence-electron chi connectivity index (χ0n) is 13.6. The molecule has 0 bridgehead atoms. The molecule has 2 amide bonds. The number of alkyl halides is 3. The fraction of sp³-hybridized carbons (Fsp3) is 0.353. The summed E-state index contributed by atoms with van der Waals surface area (Å²) in [6.45, 7) is 0. The molecule has 136 valence electrons. The Labute approximate surface area is 147 Å². The third-order valence-corrected chi connectivity index (χ3v) is 4.28. The number of rotatable bonds is 3. The molecule has 0 spiro atoms. The molecular weight excluding hydrogens is 347 g/mol. The minimum absolute atomic E-state index is 0.196. The molecule has 6 nitrogen and oxygen atoms in total. The van der Waals surface area contributed by atoms with Crippen molar-refractivity contribution < 1.29 is 18.0 Å². The second-order valence-electron chi connectivity index (χ2n) is 6.09. The van der Waals surface area contributed by atoms with Crippen LogP contribution in [0, 0.1) is 17.2 Å². The van der Waals surface area contributed by atoms with Gasteiger partial charge in [-0.05, 0) is 37.5 Å². The van der Waals surface area contributed by atoms with Crippen LogP contribution in [0.5, 0.6) is 0 Å². The number of urea groups is 1. The Morgan fingerprint density at radius 2 is 2.15 bits per heavy atom. The molecule has 1 heterocycles. The van der Waals surface area contributed by atoms with Crippen molar-refractivity contribution in [3.05, 3.63) is 42.2 Å². The molecule has 1 aliphatic carbocycles. The maximum atomic E-state index is 12.8. The lowest BCUT2D eigenvalue weighted by Crippen LogP contribution is -2.39. The van der Waals surface area contributed by atoms with Crippen LogP contribution in [-0.4, -0.2) is 21.9 Å². The van der Waals surface area contributed by atoms with Gasteiger partial charge in [-0.25, -0.2) is 9.48 Å². The van der Waals surface area contributed by atoms with E-state index in [0.717, 1.165) is 31.4 Å². The van der Waals surface area contributed by atoms with Gasteiger partial charge in [-0.15, -0.1) is 0 Å². The highest BCUT2D eigenvalue weighted by Crippen LogP contribution is 2.30. The van der Waals surface area contributed by atoms with E-state index < -0.39 is 17.8 Å². The Kier molecular flexibility index (Phi) is 4.84. The van der Waals surface area contributed by atoms with Gasteiger partial charge < -0.3 is 10.6 Å². The minimum atomic E-state index is -4.44. The maximum Gasteiger partial charge on any atom is 0.416 e. The molecule has 1 aliphatic rings. The third kappa shape index (κ3) is 3.96. The second-order valence-corrected chi connectivity index (χ2v) is 6.09. The molecule has 0 unspecified atom stereocenters. The Balaban J connectivity index is 1.67. The number of aromatic nitrogens is 2. The van der Waals surface area contributed by atoms with Crippen LogP contribution in [0.25, 0.3) is 5.69 Å². The van der Waals surface area contributed by atoms with Crippen LogP contribution < -0.4 is 10.6 Å². The first kappa shape index (κ1) is 17.8. The minimum Gasteiger partial charge on any atom is -0.334 e. The standard InChI is InChI=1S/C17H16F3N5O/c18-17(19,20)12-4-2-5-14(7-12)25-10-13(9-22-25)23-16(26)24-15-6-1-3-11(15)8-21/h2,4-5,7,9-11,15H,1,3,6H2,(H2,23,24,26)/t11-,15+/m0/s1. The number of nitrogens with one attached hydrogen (secondary N) is 2. The van der Waals surface area contributed by atoms with Crippen LogP contribution in [0.1, 0.15) is 24.8 Å². The lowest BCUT2D eigenvalue weighted by Gasteiger charge is -2.15. The molecule has 1 fully saturated rings. The van der Waals surface area contributed by atoms with Crippen molar-refractivity contribution in [1.29, 1.82) is 5.26 Å². The van der Waals surface area contributed by atoms with Crippen molar-refractivity contribution in [3.8, 4) is 11.8 Å². The van der Waals surface area contributed by atoms with Crippen LogP contribution in [0.3, 0.4) is 0 Å². The normalized spacial score (nSPS) is 19.8. The van der Waals surface area contributed by atoms with Gasteiger partial charge in [0, 0.05) is 6.04 Å². The Morgan fingerprint density at radius 1 is 1.35 bits per heavy atom. The predicted molar refractivity (Wildman–Crippen MR) is 87.5 cm³/mol. The number of hydrogen-bond acceptors (Lipinski definition) is 3. The Morgan fingerprint density at radius 3 is 2.88 bits per heavy atom. The van der Waals surface area contributed by atoms with Gasteiger partial charge in [0.2, 0.25) is 0 Å². The van der Waals surface area contributed by atoms with Crippen molar-refractivity contribution in [1.82, 2.24) is 15.1 Å². The first-order valence-corrected chi connectivity index (χ1v) is 8.06. The number of carbonyl (C=O) groups is 1. The molecule has 9 heteroatoms. The zero-order valence-corrected chi connectivity index (χ0v) is 13.6. The van der Waals surface area contributed by atoms with Crippen LogP contribution in [0.4, 0.5) is 23.7 Å². The largest absolute Gasteiger partial charge is 0.416 e. The number of halogens is 3. The molecular formula is C17H16F3N5O. The predicted octanol–water partition coefficient (Wildman–Crippen LogP) is 3.70. The van der Waals surface area contributed by atoms with E-state index in [9.17, 15) is 18.0 Å². The Bertz CT molecular complexity index is 839. The number of carbonyl (C=O) groups excluding carboxylic acids is 1. The van der Waals surface area contributed by atoms with Crippen molar-refractivity contribution in [2.45, 2.75) is 31.5 Å². The summed E-state index contributed by atoms with van der Waals surface area (Å²) in [4.78, 5) is 12.0. The van der Waals surface area contributed by atoms with Crippen LogP contribution >= 0.6 is 0 Å². The molecule has 2 atom stereocenters. The fourth-order valence-electron chi connectivity index (χ4n) is 2.98. The fourth-order valence-corrected chi connectivity index (χ4v) is 2.98. The molecule has 0 radical (unpaired) electrons. The molecule has 3 rings (SSSR count). The smallest absolute Gasteiger partial charge is 0.334 e. The van der Waals surface area contributed by atoms with Gasteiger partial charge >= 0.3 is 12.2 Å². The number of hydrogen-bond donors (Lipinski definition) is 2. The number of amides is 2. The van der Waals surface area contributed by atoms with E-state index in [1.165, 1.54) is 29.2 Å². The van der Waals surface area contributed by atoms with Crippen molar-refractivity contribution in [3.63, 3.8) is 0 Å². The highest BCUT2D eigenvalue weighted by Gasteiger charge is 2.31. The van der Waals surface area contributed by atoms with Crippen molar-refractivity contribution >= 4 is 11.7 Å². The first-order valence-electron chi connectivity index (χ1n) is 8.06. The number of nitrogens with zero attached hydrogens (tertiary/aromatic N) is 3. The van der Waals surface area contributed by atoms with Gasteiger partial charge in [-0.1, -0.05) is 6.07 Å². The number of anilines is 1. The molecule has 0 aliphatic heterocycles. The summed E-state index contributed by atoms with van der Waals surface area (Å²) >= 11 is 0. The number of nitriles is 1. The second kappa shape index (κ2) is 7.07. The SMILES string of the molecule is N#C[C@@H]1CCC[C@H]1NC(=O)Nc1cnn(-c2cccc(C(F)(F)F)c2)c1. The van der Waals surface area contributed by atoms with Crippen LogP contribution in [0.2, 0.25) is 0 Å². The molecule has 2 N–H and O–H groups in total. The van der Waals surface area contributed by atoms with E-state index in [4.69, 9.17) is 5.26 Å². The summed E-state index contributed by atoms with van der Waals surface area (Å²) < 4.78 is 39.6. The molecule has 1 aromatic carbocycles. The summed E-state index contributed by atoms with van der Waals surface area (Å²) in [5, 5.41) is 18.3. The summed E-state index contributed by atoms with van der Waals surface area (Å²) in [6, 6.07) is 6.25. The first-order chi connectivity index (χ1) is 12.4. The van der Waals surface area contributed by atoms with E-state index in [2.05, 4.69) is 21.8 Å². The lowest BCUT2D eigenvalue weighted by molar-refractivity contribution is -0.137. The van der Waals surface area contributed by atoms with Gasteiger partial charge in [-0.3, -0.25) is 0 Å². The lowest BCUT2D eigenvalue weighted by atomic mass is 10.1. The zero-order chi connectivity index (χ0) is 18.7. The van der Waals surface area contributed by atoms with Crippen molar-refractivity contribution in [2.75, 3.05) is 5.32 Å². The van der Waals surface area contributed by atoms with Gasteiger partial charge in [0.15, 0.2) is 0 Å². The molecule has 0 saturated heterocycles. The highest BCUT2D eigenvalue weighted by atomic mass is 19.4. The van der Waals surface area contributed by atoms with Gasteiger partial charge in [-0.2, -0.15) is 23.5 Å². The Hall–Kier alpha value is -3.02.